The number of hydrogen-bond donors (Lipinski definition) is 1. The van der Waals surface area contributed by atoms with Crippen LogP contribution in [0.2, 0.25) is 0 Å². The molecule has 1 aromatic rings. The van der Waals surface area contributed by atoms with Crippen LogP contribution in [0.4, 0.5) is 11.6 Å². The summed E-state index contributed by atoms with van der Waals surface area (Å²) in [4.78, 5) is 2.12. The zero-order valence-corrected chi connectivity index (χ0v) is 12.4. The summed E-state index contributed by atoms with van der Waals surface area (Å²) in [5.41, 5.74) is 6.75. The van der Waals surface area contributed by atoms with Gasteiger partial charge >= 0.3 is 0 Å². The van der Waals surface area contributed by atoms with E-state index in [0.29, 0.717) is 30.6 Å². The molecule has 6 heteroatoms. The van der Waals surface area contributed by atoms with Crippen molar-refractivity contribution in [3.05, 3.63) is 5.56 Å². The maximum absolute atomic E-state index is 9.46. The first-order valence-electron chi connectivity index (χ1n) is 7.92. The molecule has 0 radical (unpaired) electrons. The number of rotatable bonds is 2. The van der Waals surface area contributed by atoms with Crippen molar-refractivity contribution in [2.45, 2.75) is 44.6 Å². The van der Waals surface area contributed by atoms with E-state index in [1.807, 2.05) is 4.68 Å². The van der Waals surface area contributed by atoms with E-state index in [-0.39, 0.29) is 0 Å². The van der Waals surface area contributed by atoms with Crippen molar-refractivity contribution in [2.24, 2.45) is 0 Å². The highest BCUT2D eigenvalue weighted by Gasteiger charge is 2.26. The molecule has 2 aliphatic rings. The molecule has 0 atom stereocenters. The van der Waals surface area contributed by atoms with Crippen molar-refractivity contribution < 1.29 is 4.74 Å². The first-order valence-corrected chi connectivity index (χ1v) is 7.92. The molecule has 114 valence electrons. The highest BCUT2D eigenvalue weighted by Crippen LogP contribution is 2.33. The van der Waals surface area contributed by atoms with Crippen molar-refractivity contribution in [1.82, 2.24) is 9.78 Å². The fourth-order valence-corrected chi connectivity index (χ4v) is 3.32. The third kappa shape index (κ3) is 2.84. The Balaban J connectivity index is 1.90. The Kier molecular flexibility index (Phi) is 4.30. The van der Waals surface area contributed by atoms with Gasteiger partial charge in [-0.15, -0.1) is 0 Å². The fourth-order valence-electron chi connectivity index (χ4n) is 3.32. The van der Waals surface area contributed by atoms with Crippen molar-refractivity contribution in [1.29, 1.82) is 5.26 Å². The van der Waals surface area contributed by atoms with Gasteiger partial charge in [-0.25, -0.2) is 4.68 Å². The summed E-state index contributed by atoms with van der Waals surface area (Å²) in [5, 5.41) is 14.2. The number of nitrogens with zero attached hydrogens (tertiary/aromatic N) is 4. The summed E-state index contributed by atoms with van der Waals surface area (Å²) >= 11 is 0. The van der Waals surface area contributed by atoms with Gasteiger partial charge in [0.2, 0.25) is 0 Å². The quantitative estimate of drug-likeness (QED) is 0.843. The van der Waals surface area contributed by atoms with Crippen LogP contribution < -0.4 is 10.6 Å². The van der Waals surface area contributed by atoms with Gasteiger partial charge in [0.25, 0.3) is 0 Å². The predicted octanol–water partition coefficient (Wildman–Crippen LogP) is 2.07. The molecule has 3 rings (SSSR count). The number of hydrogen-bond acceptors (Lipinski definition) is 5. The second kappa shape index (κ2) is 6.35. The molecule has 1 aromatic heterocycles. The van der Waals surface area contributed by atoms with E-state index in [1.165, 1.54) is 25.7 Å². The van der Waals surface area contributed by atoms with E-state index in [9.17, 15) is 5.26 Å². The summed E-state index contributed by atoms with van der Waals surface area (Å²) in [6.45, 7) is 2.91. The molecule has 0 bridgehead atoms. The van der Waals surface area contributed by atoms with Crippen LogP contribution in [0.25, 0.3) is 0 Å². The normalized spacial score (nSPS) is 21.0. The van der Waals surface area contributed by atoms with E-state index >= 15 is 0 Å². The minimum Gasteiger partial charge on any atom is -0.383 e. The number of ether oxygens (including phenoxy) is 1. The molecule has 0 amide bonds. The van der Waals surface area contributed by atoms with Crippen LogP contribution in [0.3, 0.4) is 0 Å². The molecule has 2 N–H and O–H groups in total. The van der Waals surface area contributed by atoms with Gasteiger partial charge in [0, 0.05) is 13.1 Å². The topological polar surface area (TPSA) is 80.1 Å². The SMILES string of the molecule is N#Cc1c(N2CCOCC2)nn(C2CCCCCC2)c1N. The third-order valence-corrected chi connectivity index (χ3v) is 4.52. The number of anilines is 2. The molecule has 21 heavy (non-hydrogen) atoms. The molecular formula is C15H23N5O. The molecule has 1 aliphatic heterocycles. The predicted molar refractivity (Wildman–Crippen MR) is 81.1 cm³/mol. The molecule has 0 aromatic carbocycles. The number of nitriles is 1. The van der Waals surface area contributed by atoms with Crippen molar-refractivity contribution >= 4 is 11.6 Å². The van der Waals surface area contributed by atoms with E-state index in [1.54, 1.807) is 0 Å². The summed E-state index contributed by atoms with van der Waals surface area (Å²) in [6.07, 6.45) is 7.24. The Morgan fingerprint density at radius 1 is 1.14 bits per heavy atom. The second-order valence-electron chi connectivity index (χ2n) is 5.89. The van der Waals surface area contributed by atoms with Crippen molar-refractivity contribution in [3.63, 3.8) is 0 Å². The standard InChI is InChI=1S/C15H23N5O/c16-11-13-14(17)20(12-5-3-1-2-4-6-12)18-15(13)19-7-9-21-10-8-19/h12H,1-10,17H2. The minimum absolute atomic E-state index is 0.342. The Bertz CT molecular complexity index is 519. The Hall–Kier alpha value is -1.74. The average molecular weight is 289 g/mol. The van der Waals surface area contributed by atoms with Crippen LogP contribution in [-0.2, 0) is 4.74 Å². The lowest BCUT2D eigenvalue weighted by atomic mass is 10.1. The third-order valence-electron chi connectivity index (χ3n) is 4.52. The fraction of sp³-hybridized carbons (Fsp3) is 0.733. The van der Waals surface area contributed by atoms with Gasteiger partial charge in [-0.2, -0.15) is 10.4 Å². The van der Waals surface area contributed by atoms with Crippen LogP contribution in [0.1, 0.15) is 50.1 Å². The monoisotopic (exact) mass is 289 g/mol. The van der Waals surface area contributed by atoms with Crippen molar-refractivity contribution in [3.8, 4) is 6.07 Å². The maximum atomic E-state index is 9.46. The molecule has 1 aliphatic carbocycles. The van der Waals surface area contributed by atoms with Gasteiger partial charge in [0.1, 0.15) is 17.5 Å². The maximum Gasteiger partial charge on any atom is 0.171 e. The van der Waals surface area contributed by atoms with Crippen LogP contribution in [0.15, 0.2) is 0 Å². The lowest BCUT2D eigenvalue weighted by molar-refractivity contribution is 0.122. The summed E-state index contributed by atoms with van der Waals surface area (Å²) in [7, 11) is 0. The summed E-state index contributed by atoms with van der Waals surface area (Å²) in [6, 6.07) is 2.59. The summed E-state index contributed by atoms with van der Waals surface area (Å²) < 4.78 is 7.29. The minimum atomic E-state index is 0.342. The van der Waals surface area contributed by atoms with Crippen LogP contribution in [0, 0.1) is 11.3 Å². The Labute approximate surface area is 125 Å². The molecule has 0 spiro atoms. The number of nitrogens with two attached hydrogens (primary N) is 1. The van der Waals surface area contributed by atoms with Gasteiger partial charge in [-0.3, -0.25) is 0 Å². The van der Waals surface area contributed by atoms with Crippen LogP contribution in [0.5, 0.6) is 0 Å². The molecule has 2 fully saturated rings. The average Bonchev–Trinajstić information content (AvgIpc) is 2.70. The molecule has 1 saturated heterocycles. The Morgan fingerprint density at radius 3 is 2.43 bits per heavy atom. The first-order chi connectivity index (χ1) is 10.3. The van der Waals surface area contributed by atoms with Gasteiger partial charge < -0.3 is 15.4 Å². The van der Waals surface area contributed by atoms with Gasteiger partial charge in [-0.05, 0) is 12.8 Å². The van der Waals surface area contributed by atoms with E-state index in [2.05, 4.69) is 11.0 Å². The van der Waals surface area contributed by atoms with Gasteiger partial charge in [0.15, 0.2) is 5.82 Å². The summed E-state index contributed by atoms with van der Waals surface area (Å²) in [5.74, 6) is 1.27. The lowest BCUT2D eigenvalue weighted by Crippen LogP contribution is -2.37. The zero-order valence-electron chi connectivity index (χ0n) is 12.4. The van der Waals surface area contributed by atoms with Crippen LogP contribution in [-0.4, -0.2) is 36.1 Å². The largest absolute Gasteiger partial charge is 0.383 e. The first kappa shape index (κ1) is 14.2. The highest BCUT2D eigenvalue weighted by atomic mass is 16.5. The van der Waals surface area contributed by atoms with Gasteiger partial charge in [-0.1, -0.05) is 25.7 Å². The van der Waals surface area contributed by atoms with E-state index in [0.717, 1.165) is 31.7 Å². The lowest BCUT2D eigenvalue weighted by Gasteiger charge is -2.26. The number of aromatic nitrogens is 2. The molecular weight excluding hydrogens is 266 g/mol. The number of nitrogen functional groups attached to an aromatic ring is 1. The second-order valence-corrected chi connectivity index (χ2v) is 5.89. The van der Waals surface area contributed by atoms with E-state index < -0.39 is 0 Å². The highest BCUT2D eigenvalue weighted by molar-refractivity contribution is 5.65. The smallest absolute Gasteiger partial charge is 0.171 e. The van der Waals surface area contributed by atoms with Crippen LogP contribution >= 0.6 is 0 Å². The Morgan fingerprint density at radius 2 is 1.81 bits per heavy atom. The van der Waals surface area contributed by atoms with Crippen molar-refractivity contribution in [2.75, 3.05) is 36.9 Å². The number of morpholine rings is 1. The zero-order chi connectivity index (χ0) is 14.7. The molecule has 0 unspecified atom stereocenters. The molecule has 1 saturated carbocycles. The van der Waals surface area contributed by atoms with E-state index in [4.69, 9.17) is 15.6 Å². The molecule has 6 nitrogen and oxygen atoms in total. The van der Waals surface area contributed by atoms with Gasteiger partial charge in [0.05, 0.1) is 19.3 Å². The molecule has 2 heterocycles.